The highest BCUT2D eigenvalue weighted by Crippen LogP contribution is 2.37. The molecule has 1 N–H and O–H groups in total. The predicted molar refractivity (Wildman–Crippen MR) is 121 cm³/mol. The first kappa shape index (κ1) is 23.8. The van der Waals surface area contributed by atoms with Crippen LogP contribution in [0.15, 0.2) is 24.5 Å². The summed E-state index contributed by atoms with van der Waals surface area (Å²) in [5, 5.41) is 3.89. The molecule has 3 aromatic rings. The van der Waals surface area contributed by atoms with E-state index in [-0.39, 0.29) is 0 Å². The van der Waals surface area contributed by atoms with Gasteiger partial charge in [-0.3, -0.25) is 0 Å². The summed E-state index contributed by atoms with van der Waals surface area (Å²) < 4.78 is 35.9. The summed E-state index contributed by atoms with van der Waals surface area (Å²) in [7, 11) is 1.33. The highest BCUT2D eigenvalue weighted by atomic mass is 32.1. The Labute approximate surface area is 189 Å². The van der Waals surface area contributed by atoms with Gasteiger partial charge in [0.15, 0.2) is 0 Å². The summed E-state index contributed by atoms with van der Waals surface area (Å²) in [6.07, 6.45) is 0.982. The molecule has 10 heteroatoms. The van der Waals surface area contributed by atoms with Crippen molar-refractivity contribution in [2.75, 3.05) is 38.9 Å². The largest absolute Gasteiger partial charge is 0.483 e. The fourth-order valence-corrected chi connectivity index (χ4v) is 4.14. The lowest BCUT2D eigenvalue weighted by Gasteiger charge is -2.21. The molecule has 0 atom stereocenters. The normalized spacial score (nSPS) is 11.2. The molecule has 0 radical (unpaired) electrons. The van der Waals surface area contributed by atoms with Crippen LogP contribution in [0.4, 0.5) is 15.9 Å². The molecule has 0 fully saturated rings. The minimum absolute atomic E-state index is 0.294. The minimum atomic E-state index is -0.440. The number of nitrogens with zero attached hydrogens (tertiary/aromatic N) is 2. The van der Waals surface area contributed by atoms with Gasteiger partial charge in [0.25, 0.3) is 0 Å². The van der Waals surface area contributed by atoms with Gasteiger partial charge >= 0.3 is 5.97 Å². The molecule has 0 saturated carbocycles. The third-order valence-corrected chi connectivity index (χ3v) is 5.78. The van der Waals surface area contributed by atoms with Crippen LogP contribution in [-0.4, -0.2) is 55.6 Å². The second-order valence-electron chi connectivity index (χ2n) is 6.77. The van der Waals surface area contributed by atoms with Crippen LogP contribution < -0.4 is 10.1 Å². The zero-order valence-corrected chi connectivity index (χ0v) is 19.3. The van der Waals surface area contributed by atoms with E-state index in [2.05, 4.69) is 15.3 Å². The summed E-state index contributed by atoms with van der Waals surface area (Å²) in [6, 6.07) is 4.19. The van der Waals surface area contributed by atoms with E-state index in [0.29, 0.717) is 64.3 Å². The van der Waals surface area contributed by atoms with Crippen molar-refractivity contribution in [1.82, 2.24) is 9.97 Å². The van der Waals surface area contributed by atoms with Crippen molar-refractivity contribution in [3.05, 3.63) is 40.8 Å². The molecule has 0 bridgehead atoms. The van der Waals surface area contributed by atoms with Crippen molar-refractivity contribution >= 4 is 39.0 Å². The monoisotopic (exact) mass is 463 g/mol. The number of hydrogen-bond acceptors (Lipinski definition) is 9. The summed E-state index contributed by atoms with van der Waals surface area (Å²) in [5.74, 6) is -0.106. The number of methoxy groups -OCH3 is 1. The van der Waals surface area contributed by atoms with Crippen molar-refractivity contribution in [2.24, 2.45) is 0 Å². The van der Waals surface area contributed by atoms with E-state index in [4.69, 9.17) is 18.9 Å². The van der Waals surface area contributed by atoms with E-state index in [1.807, 2.05) is 20.8 Å². The predicted octanol–water partition coefficient (Wildman–Crippen LogP) is 4.49. The number of nitrogens with one attached hydrogen (secondary N) is 1. The van der Waals surface area contributed by atoms with Crippen molar-refractivity contribution in [3.63, 3.8) is 0 Å². The molecule has 3 rings (SSSR count). The fraction of sp³-hybridized carbons (Fsp3) is 0.409. The van der Waals surface area contributed by atoms with Gasteiger partial charge in [0.1, 0.15) is 39.5 Å². The molecule has 32 heavy (non-hydrogen) atoms. The molecule has 0 aliphatic carbocycles. The number of esters is 1. The van der Waals surface area contributed by atoms with E-state index in [1.165, 1.54) is 36.9 Å². The smallest absolute Gasteiger partial charge is 0.348 e. The molecular weight excluding hydrogens is 437 g/mol. The zero-order valence-electron chi connectivity index (χ0n) is 18.4. The number of carbonyl (C=O) groups is 1. The summed E-state index contributed by atoms with van der Waals surface area (Å²) in [6.45, 7) is 7.24. The number of carbonyl (C=O) groups excluding carboxylic acids is 1. The summed E-state index contributed by atoms with van der Waals surface area (Å²) in [5.41, 5.74) is 1.21. The average molecular weight is 464 g/mol. The molecule has 0 saturated heterocycles. The highest BCUT2D eigenvalue weighted by molar-refractivity contribution is 7.20. The molecule has 0 unspecified atom stereocenters. The molecule has 1 aromatic carbocycles. The van der Waals surface area contributed by atoms with Gasteiger partial charge in [0, 0.05) is 19.3 Å². The molecule has 8 nitrogen and oxygen atoms in total. The van der Waals surface area contributed by atoms with Gasteiger partial charge < -0.3 is 24.3 Å². The van der Waals surface area contributed by atoms with E-state index < -0.39 is 17.9 Å². The van der Waals surface area contributed by atoms with Gasteiger partial charge in [-0.1, -0.05) is 0 Å². The van der Waals surface area contributed by atoms with E-state index in [0.717, 1.165) is 0 Å². The molecule has 172 valence electrons. The van der Waals surface area contributed by atoms with Gasteiger partial charge in [0.05, 0.1) is 31.4 Å². The van der Waals surface area contributed by atoms with Crippen molar-refractivity contribution in [2.45, 2.75) is 26.9 Å². The summed E-state index contributed by atoms with van der Waals surface area (Å²) >= 11 is 1.23. The number of rotatable bonds is 11. The molecule has 2 heterocycles. The van der Waals surface area contributed by atoms with Crippen LogP contribution in [0.25, 0.3) is 10.2 Å². The first-order chi connectivity index (χ1) is 15.5. The number of halogens is 1. The second kappa shape index (κ2) is 11.2. The van der Waals surface area contributed by atoms with E-state index in [1.54, 1.807) is 6.07 Å². The summed E-state index contributed by atoms with van der Waals surface area (Å²) in [4.78, 5) is 21.8. The Hall–Kier alpha value is -2.82. The average Bonchev–Trinajstić information content (AvgIpc) is 3.14. The molecule has 0 spiro atoms. The maximum absolute atomic E-state index is 14.0. The Kier molecular flexibility index (Phi) is 8.32. The quantitative estimate of drug-likeness (QED) is 0.416. The second-order valence-corrected chi connectivity index (χ2v) is 7.77. The minimum Gasteiger partial charge on any atom is -0.483 e. The molecule has 2 aromatic heterocycles. The lowest BCUT2D eigenvalue weighted by atomic mass is 10.2. The number of ether oxygens (including phenoxy) is 4. The Morgan fingerprint density at radius 2 is 1.91 bits per heavy atom. The van der Waals surface area contributed by atoms with E-state index in [9.17, 15) is 9.18 Å². The Bertz CT molecular complexity index is 1070. The number of thiophene rings is 1. The van der Waals surface area contributed by atoms with Gasteiger partial charge in [0.2, 0.25) is 0 Å². The van der Waals surface area contributed by atoms with Crippen molar-refractivity contribution in [1.29, 1.82) is 0 Å². The highest BCUT2D eigenvalue weighted by Gasteiger charge is 2.21. The Morgan fingerprint density at radius 3 is 2.56 bits per heavy atom. The maximum Gasteiger partial charge on any atom is 0.348 e. The van der Waals surface area contributed by atoms with Crippen LogP contribution in [-0.2, 0) is 14.2 Å². The Balaban J connectivity index is 1.95. The van der Waals surface area contributed by atoms with Crippen LogP contribution in [0.5, 0.6) is 5.75 Å². The van der Waals surface area contributed by atoms with Crippen LogP contribution in [0, 0.1) is 12.7 Å². The maximum atomic E-state index is 14.0. The van der Waals surface area contributed by atoms with Crippen molar-refractivity contribution < 1.29 is 28.1 Å². The standard InChI is InChI=1S/C22H26FN3O5S/c1-5-29-10-15(11-30-6-2)31-17-9-14(23)7-8-16(17)26-20-18-13(3)19(22(27)28-4)32-21(18)25-12-24-20/h7-9,12,15H,5-6,10-11H2,1-4H3,(H,24,25,26). The van der Waals surface area contributed by atoms with Crippen molar-refractivity contribution in [3.8, 4) is 5.75 Å². The van der Waals surface area contributed by atoms with Crippen LogP contribution in [0.1, 0.15) is 29.1 Å². The Morgan fingerprint density at radius 1 is 1.19 bits per heavy atom. The van der Waals surface area contributed by atoms with Crippen LogP contribution >= 0.6 is 11.3 Å². The lowest BCUT2D eigenvalue weighted by Crippen LogP contribution is -2.29. The third kappa shape index (κ3) is 5.50. The lowest BCUT2D eigenvalue weighted by molar-refractivity contribution is -0.0000491. The van der Waals surface area contributed by atoms with E-state index >= 15 is 0 Å². The number of aromatic nitrogens is 2. The first-order valence-electron chi connectivity index (χ1n) is 10.2. The molecular formula is C22H26FN3O5S. The SMILES string of the molecule is CCOCC(COCC)Oc1cc(F)ccc1Nc1ncnc2sc(C(=O)OC)c(C)c12. The molecule has 0 aliphatic rings. The number of benzene rings is 1. The number of hydrogen-bond donors (Lipinski definition) is 1. The van der Waals surface area contributed by atoms with Gasteiger partial charge in [-0.2, -0.15) is 0 Å². The zero-order chi connectivity index (χ0) is 23.1. The topological polar surface area (TPSA) is 91.8 Å². The molecule has 0 amide bonds. The van der Waals surface area contributed by atoms with Crippen LogP contribution in [0.2, 0.25) is 0 Å². The van der Waals surface area contributed by atoms with Gasteiger partial charge in [-0.25, -0.2) is 19.2 Å². The number of anilines is 2. The number of aryl methyl sites for hydroxylation is 1. The molecule has 0 aliphatic heterocycles. The van der Waals surface area contributed by atoms with Gasteiger partial charge in [-0.15, -0.1) is 11.3 Å². The van der Waals surface area contributed by atoms with Crippen LogP contribution in [0.3, 0.4) is 0 Å². The fourth-order valence-electron chi connectivity index (χ4n) is 3.07. The third-order valence-electron chi connectivity index (χ3n) is 4.60. The first-order valence-corrected chi connectivity index (χ1v) is 11.0. The number of fused-ring (bicyclic) bond motifs is 1. The van der Waals surface area contributed by atoms with Gasteiger partial charge in [-0.05, 0) is 38.5 Å².